The second-order valence-corrected chi connectivity index (χ2v) is 21.4. The maximum atomic E-state index is 13.3. The molecule has 6 unspecified atom stereocenters. The zero-order valence-corrected chi connectivity index (χ0v) is 37.4. The summed E-state index contributed by atoms with van der Waals surface area (Å²) < 4.78 is 22.0. The Hall–Kier alpha value is -4.11. The van der Waals surface area contributed by atoms with Gasteiger partial charge in [0.1, 0.15) is 5.75 Å². The van der Waals surface area contributed by atoms with Crippen LogP contribution in [0.2, 0.25) is 0 Å². The monoisotopic (exact) mass is 846 g/mol. The standard InChI is InChI=1S/C53H66O9/c1-30(2)8-6-9-31(3)43-19-20-44-38-17-15-34-26-35(21-23-52(34,4)45(38)22-24-53(43,44)5)59-25-7-10-32-11-13-33(14-12-32)48(55)60-36-16-18-37-39(41-29-46(54)61-49(41)56)28-42-47(40(37)27-36)51(58)62-50(42)57/h7,10-14,16,18,27,30-31,34-35,38-39,41-45,47H,6,8-9,15,17,19-26,28-29H2,1-5H3/b10-7+/t31-,34?,35?,38+,39?,41?,42?,43-,44+,45+,47?,52+,53-/m1/s1. The van der Waals surface area contributed by atoms with Crippen LogP contribution >= 0.6 is 0 Å². The lowest BCUT2D eigenvalue weighted by atomic mass is 9.44. The third kappa shape index (κ3) is 7.91. The van der Waals surface area contributed by atoms with E-state index in [9.17, 15) is 24.0 Å². The SMILES string of the molecule is CC(C)CCC[C@@H](C)[C@H]1CC[C@H]2[C@@H]3CCC4CC(OC/C=C/c5ccc(C(=O)Oc6ccc7c(c6)C6C(=O)OC(=O)C6CC7C6CC(=O)OC6=O)cc5)CC[C@]4(C)[C@H]3CC[C@]12C. The van der Waals surface area contributed by atoms with E-state index in [0.29, 0.717) is 40.2 Å². The Morgan fingerprint density at radius 1 is 0.774 bits per heavy atom. The highest BCUT2D eigenvalue weighted by Gasteiger charge is 2.61. The van der Waals surface area contributed by atoms with E-state index in [0.717, 1.165) is 53.4 Å². The number of carbonyl (C=O) groups is 5. The lowest BCUT2D eigenvalue weighted by molar-refractivity contribution is -0.155. The smallest absolute Gasteiger partial charge is 0.343 e. The Labute approximate surface area is 367 Å². The quantitative estimate of drug-likeness (QED) is 0.117. The first-order valence-corrected chi connectivity index (χ1v) is 24.0. The first-order chi connectivity index (χ1) is 29.7. The molecule has 2 aromatic carbocycles. The number of fused-ring (bicyclic) bond motifs is 8. The summed E-state index contributed by atoms with van der Waals surface area (Å²) in [6.45, 7) is 13.2. The van der Waals surface area contributed by atoms with E-state index in [1.54, 1.807) is 30.3 Å². The molecule has 6 fully saturated rings. The molecule has 7 aliphatic rings. The van der Waals surface area contributed by atoms with Gasteiger partial charge in [0, 0.05) is 0 Å². The lowest BCUT2D eigenvalue weighted by Gasteiger charge is -2.61. The average molecular weight is 847 g/mol. The fraction of sp³-hybridized carbons (Fsp3) is 0.642. The van der Waals surface area contributed by atoms with Gasteiger partial charge in [-0.3, -0.25) is 19.2 Å². The molecule has 332 valence electrons. The number of cyclic esters (lactones) is 4. The number of hydrogen-bond donors (Lipinski definition) is 0. The third-order valence-electron chi connectivity index (χ3n) is 17.8. The van der Waals surface area contributed by atoms with Gasteiger partial charge in [-0.05, 0) is 163 Å². The molecule has 4 saturated carbocycles. The molecule has 2 heterocycles. The van der Waals surface area contributed by atoms with Gasteiger partial charge in [0.25, 0.3) is 0 Å². The van der Waals surface area contributed by atoms with E-state index < -0.39 is 53.5 Å². The Morgan fingerprint density at radius 3 is 2.29 bits per heavy atom. The Balaban J connectivity index is 0.766. The molecule has 5 aliphatic carbocycles. The normalized spacial score (nSPS) is 36.7. The number of rotatable bonds is 12. The van der Waals surface area contributed by atoms with E-state index in [-0.39, 0.29) is 18.6 Å². The van der Waals surface area contributed by atoms with Crippen molar-refractivity contribution in [2.24, 2.45) is 64.1 Å². The van der Waals surface area contributed by atoms with Crippen LogP contribution in [0.5, 0.6) is 5.75 Å². The third-order valence-corrected chi connectivity index (χ3v) is 17.8. The number of ether oxygens (including phenoxy) is 4. The highest BCUT2D eigenvalue weighted by Crippen LogP contribution is 2.68. The number of carbonyl (C=O) groups excluding carboxylic acids is 5. The number of hydrogen-bond acceptors (Lipinski definition) is 9. The molecule has 0 bridgehead atoms. The van der Waals surface area contributed by atoms with E-state index in [2.05, 4.69) is 40.7 Å². The van der Waals surface area contributed by atoms with Gasteiger partial charge in [0.05, 0.1) is 42.4 Å². The summed E-state index contributed by atoms with van der Waals surface area (Å²) in [6.07, 6.45) is 20.8. The zero-order chi connectivity index (χ0) is 43.5. The van der Waals surface area contributed by atoms with Gasteiger partial charge in [-0.2, -0.15) is 0 Å². The summed E-state index contributed by atoms with van der Waals surface area (Å²) in [6, 6.07) is 12.1. The largest absolute Gasteiger partial charge is 0.423 e. The highest BCUT2D eigenvalue weighted by atomic mass is 16.6. The minimum Gasteiger partial charge on any atom is -0.423 e. The van der Waals surface area contributed by atoms with Gasteiger partial charge in [-0.25, -0.2) is 4.79 Å². The van der Waals surface area contributed by atoms with Crippen molar-refractivity contribution in [3.8, 4) is 5.75 Å². The first kappa shape index (κ1) is 43.2. The summed E-state index contributed by atoms with van der Waals surface area (Å²) >= 11 is 0. The van der Waals surface area contributed by atoms with E-state index in [1.165, 1.54) is 70.6 Å². The van der Waals surface area contributed by atoms with Crippen LogP contribution in [0, 0.1) is 64.1 Å². The molecule has 62 heavy (non-hydrogen) atoms. The molecular formula is C53H66O9. The van der Waals surface area contributed by atoms with Crippen molar-refractivity contribution in [3.63, 3.8) is 0 Å². The minimum absolute atomic E-state index is 0.0988. The van der Waals surface area contributed by atoms with Crippen molar-refractivity contribution in [2.45, 2.75) is 142 Å². The summed E-state index contributed by atoms with van der Waals surface area (Å²) in [5.74, 6) is 0.100. The fourth-order valence-corrected chi connectivity index (χ4v) is 14.6. The molecule has 0 spiro atoms. The molecule has 13 atom stereocenters. The van der Waals surface area contributed by atoms with Crippen LogP contribution in [0.1, 0.15) is 163 Å². The average Bonchev–Trinajstić information content (AvgIpc) is 3.88. The van der Waals surface area contributed by atoms with Crippen LogP contribution in [-0.4, -0.2) is 42.6 Å². The second kappa shape index (κ2) is 17.1. The van der Waals surface area contributed by atoms with Gasteiger partial charge >= 0.3 is 29.8 Å². The fourth-order valence-electron chi connectivity index (χ4n) is 14.6. The van der Waals surface area contributed by atoms with E-state index in [1.807, 2.05) is 18.2 Å². The number of esters is 5. The van der Waals surface area contributed by atoms with Crippen LogP contribution in [0.25, 0.3) is 6.08 Å². The van der Waals surface area contributed by atoms with Crippen molar-refractivity contribution in [2.75, 3.05) is 6.61 Å². The summed E-state index contributed by atoms with van der Waals surface area (Å²) in [5.41, 5.74) is 3.39. The van der Waals surface area contributed by atoms with Gasteiger partial charge in [0.15, 0.2) is 0 Å². The maximum Gasteiger partial charge on any atom is 0.343 e. The highest BCUT2D eigenvalue weighted by molar-refractivity contribution is 6.01. The maximum absolute atomic E-state index is 13.3. The van der Waals surface area contributed by atoms with Crippen LogP contribution < -0.4 is 4.74 Å². The van der Waals surface area contributed by atoms with Crippen LogP contribution in [-0.2, 0) is 33.4 Å². The zero-order valence-electron chi connectivity index (χ0n) is 37.4. The Bertz CT molecular complexity index is 2100. The second-order valence-electron chi connectivity index (χ2n) is 21.4. The van der Waals surface area contributed by atoms with Crippen LogP contribution in [0.15, 0.2) is 48.5 Å². The molecule has 0 amide bonds. The Morgan fingerprint density at radius 2 is 1.53 bits per heavy atom. The molecular weight excluding hydrogens is 781 g/mol. The summed E-state index contributed by atoms with van der Waals surface area (Å²) in [5, 5.41) is 0. The van der Waals surface area contributed by atoms with E-state index >= 15 is 0 Å². The van der Waals surface area contributed by atoms with Crippen LogP contribution in [0.3, 0.4) is 0 Å². The predicted molar refractivity (Wildman–Crippen MR) is 234 cm³/mol. The molecule has 2 saturated heterocycles. The lowest BCUT2D eigenvalue weighted by Crippen LogP contribution is -2.54. The topological polar surface area (TPSA) is 122 Å². The van der Waals surface area contributed by atoms with Crippen molar-refractivity contribution >= 4 is 35.9 Å². The summed E-state index contributed by atoms with van der Waals surface area (Å²) in [4.78, 5) is 63.1. The molecule has 9 nitrogen and oxygen atoms in total. The van der Waals surface area contributed by atoms with Crippen molar-refractivity contribution in [1.29, 1.82) is 0 Å². The van der Waals surface area contributed by atoms with Crippen molar-refractivity contribution < 1.29 is 42.9 Å². The van der Waals surface area contributed by atoms with Gasteiger partial charge in [-0.15, -0.1) is 0 Å². The van der Waals surface area contributed by atoms with Gasteiger partial charge in [-0.1, -0.05) is 84.2 Å². The van der Waals surface area contributed by atoms with Crippen LogP contribution in [0.4, 0.5) is 0 Å². The van der Waals surface area contributed by atoms with Crippen molar-refractivity contribution in [3.05, 3.63) is 70.8 Å². The summed E-state index contributed by atoms with van der Waals surface area (Å²) in [7, 11) is 0. The number of benzene rings is 2. The molecule has 0 radical (unpaired) electrons. The molecule has 2 aromatic rings. The van der Waals surface area contributed by atoms with E-state index in [4.69, 9.17) is 18.9 Å². The van der Waals surface area contributed by atoms with Gasteiger partial charge in [0.2, 0.25) is 0 Å². The minimum atomic E-state index is -0.874. The molecule has 9 heteroatoms. The molecule has 0 N–H and O–H groups in total. The molecule has 9 rings (SSSR count). The molecule has 2 aliphatic heterocycles. The van der Waals surface area contributed by atoms with Gasteiger partial charge < -0.3 is 18.9 Å². The first-order valence-electron chi connectivity index (χ1n) is 24.0. The predicted octanol–water partition coefficient (Wildman–Crippen LogP) is 10.8. The Kier molecular flexibility index (Phi) is 11.9. The van der Waals surface area contributed by atoms with Crippen molar-refractivity contribution in [1.82, 2.24) is 0 Å². The molecule has 0 aromatic heterocycles.